The van der Waals surface area contributed by atoms with Crippen molar-refractivity contribution in [2.75, 3.05) is 38.5 Å². The zero-order valence-corrected chi connectivity index (χ0v) is 19.7. The lowest BCUT2D eigenvalue weighted by Crippen LogP contribution is -2.47. The number of amides is 1. The van der Waals surface area contributed by atoms with Crippen molar-refractivity contribution in [3.8, 4) is 0 Å². The van der Waals surface area contributed by atoms with Crippen LogP contribution in [-0.4, -0.2) is 66.3 Å². The van der Waals surface area contributed by atoms with Crippen LogP contribution in [0.5, 0.6) is 0 Å². The molecule has 1 aromatic heterocycles. The minimum Gasteiger partial charge on any atom is -0.305 e. The van der Waals surface area contributed by atoms with Crippen LogP contribution in [0.15, 0.2) is 53.4 Å². The molecule has 0 saturated carbocycles. The quantitative estimate of drug-likeness (QED) is 0.654. The number of hydrogen-bond donors (Lipinski definition) is 1. The number of aromatic nitrogens is 2. The molecule has 0 radical (unpaired) electrons. The van der Waals surface area contributed by atoms with Crippen LogP contribution in [0.25, 0.3) is 11.0 Å². The van der Waals surface area contributed by atoms with E-state index >= 15 is 0 Å². The number of carbonyl (C=O) groups is 1. The molecule has 8 nitrogen and oxygen atoms in total. The molecule has 1 N–H and O–H groups in total. The number of piperazine rings is 1. The first kappa shape index (κ1) is 22.4. The lowest BCUT2D eigenvalue weighted by molar-refractivity contribution is 0.102. The molecule has 4 rings (SSSR count). The van der Waals surface area contributed by atoms with E-state index in [2.05, 4.69) is 15.2 Å². The van der Waals surface area contributed by atoms with Gasteiger partial charge in [-0.2, -0.15) is 4.31 Å². The van der Waals surface area contributed by atoms with Gasteiger partial charge in [0.05, 0.1) is 15.9 Å². The second-order valence-electron chi connectivity index (χ2n) is 9.12. The summed E-state index contributed by atoms with van der Waals surface area (Å²) in [5.74, 6) is 0.0252. The Labute approximate surface area is 188 Å². The fourth-order valence-electron chi connectivity index (χ4n) is 3.94. The predicted molar refractivity (Wildman–Crippen MR) is 125 cm³/mol. The van der Waals surface area contributed by atoms with E-state index in [9.17, 15) is 13.2 Å². The van der Waals surface area contributed by atoms with E-state index in [1.165, 1.54) is 16.4 Å². The van der Waals surface area contributed by atoms with Crippen molar-refractivity contribution in [3.63, 3.8) is 0 Å². The van der Waals surface area contributed by atoms with Crippen molar-refractivity contribution in [2.24, 2.45) is 0 Å². The van der Waals surface area contributed by atoms with Gasteiger partial charge in [0.2, 0.25) is 16.0 Å². The summed E-state index contributed by atoms with van der Waals surface area (Å²) < 4.78 is 29.6. The van der Waals surface area contributed by atoms with Crippen molar-refractivity contribution in [3.05, 3.63) is 54.1 Å². The molecule has 1 aliphatic heterocycles. The summed E-state index contributed by atoms with van der Waals surface area (Å²) >= 11 is 0. The van der Waals surface area contributed by atoms with Crippen molar-refractivity contribution < 1.29 is 13.2 Å². The topological polar surface area (TPSA) is 87.5 Å². The number of fused-ring (bicyclic) bond motifs is 1. The summed E-state index contributed by atoms with van der Waals surface area (Å²) in [5.41, 5.74) is 1.66. The summed E-state index contributed by atoms with van der Waals surface area (Å²) in [6.45, 7) is 8.36. The molecule has 170 valence electrons. The molecule has 0 spiro atoms. The first-order valence-electron chi connectivity index (χ1n) is 10.7. The monoisotopic (exact) mass is 455 g/mol. The molecule has 0 atom stereocenters. The van der Waals surface area contributed by atoms with E-state index in [0.29, 0.717) is 32.1 Å². The summed E-state index contributed by atoms with van der Waals surface area (Å²) in [6.07, 6.45) is 0. The zero-order valence-electron chi connectivity index (χ0n) is 18.9. The molecule has 32 heavy (non-hydrogen) atoms. The van der Waals surface area contributed by atoms with Crippen molar-refractivity contribution >= 4 is 32.9 Å². The number of nitrogens with one attached hydrogen (secondary N) is 1. The van der Waals surface area contributed by atoms with Gasteiger partial charge in [0.25, 0.3) is 5.91 Å². The van der Waals surface area contributed by atoms with Crippen LogP contribution in [0.1, 0.15) is 31.1 Å². The second-order valence-corrected chi connectivity index (χ2v) is 11.1. The van der Waals surface area contributed by atoms with Gasteiger partial charge in [-0.3, -0.25) is 10.1 Å². The van der Waals surface area contributed by atoms with E-state index in [0.717, 1.165) is 11.0 Å². The lowest BCUT2D eigenvalue weighted by atomic mass is 10.1. The highest BCUT2D eigenvalue weighted by Gasteiger charge is 2.28. The highest BCUT2D eigenvalue weighted by molar-refractivity contribution is 7.89. The second kappa shape index (κ2) is 8.31. The molecule has 1 aliphatic rings. The van der Waals surface area contributed by atoms with Crippen LogP contribution in [0, 0.1) is 0 Å². The molecule has 1 saturated heterocycles. The summed E-state index contributed by atoms with van der Waals surface area (Å²) in [7, 11) is -1.69. The Morgan fingerprint density at radius 1 is 1.00 bits per heavy atom. The minimum atomic E-state index is -3.66. The van der Waals surface area contributed by atoms with E-state index in [1.54, 1.807) is 12.1 Å². The Morgan fingerprint density at radius 3 is 2.38 bits per heavy atom. The molecule has 1 amide bonds. The molecule has 3 aromatic rings. The number of anilines is 1. The van der Waals surface area contributed by atoms with Gasteiger partial charge >= 0.3 is 0 Å². The molecule has 0 bridgehead atoms. The first-order chi connectivity index (χ1) is 15.1. The molecule has 2 heterocycles. The third-order valence-electron chi connectivity index (χ3n) is 5.65. The van der Waals surface area contributed by atoms with E-state index in [-0.39, 0.29) is 16.0 Å². The number of imidazole rings is 1. The van der Waals surface area contributed by atoms with Crippen LogP contribution >= 0.6 is 0 Å². The van der Waals surface area contributed by atoms with E-state index < -0.39 is 15.9 Å². The molecule has 0 unspecified atom stereocenters. The fraction of sp³-hybridized carbons (Fsp3) is 0.391. The van der Waals surface area contributed by atoms with E-state index in [4.69, 9.17) is 0 Å². The SMILES string of the molecule is CN1CCN(S(=O)(=O)c2cccc(C(=O)Nc3nc4ccccc4n3C(C)(C)C)c2)CC1. The van der Waals surface area contributed by atoms with Crippen LogP contribution in [0.4, 0.5) is 5.95 Å². The number of hydrogen-bond acceptors (Lipinski definition) is 5. The Kier molecular flexibility index (Phi) is 5.83. The standard InChI is InChI=1S/C23H29N5O3S/c1-23(2,3)28-20-11-6-5-10-19(20)24-22(28)25-21(29)17-8-7-9-18(16-17)32(30,31)27-14-12-26(4)13-15-27/h5-11,16H,12-15H2,1-4H3,(H,24,25,29). The third kappa shape index (κ3) is 4.28. The van der Waals surface area contributed by atoms with Gasteiger partial charge in [-0.15, -0.1) is 0 Å². The maximum Gasteiger partial charge on any atom is 0.258 e. The van der Waals surface area contributed by atoms with Gasteiger partial charge in [-0.25, -0.2) is 13.4 Å². The predicted octanol–water partition coefficient (Wildman–Crippen LogP) is 2.98. The number of carbonyl (C=O) groups excluding carboxylic acids is 1. The Balaban J connectivity index is 1.63. The van der Waals surface area contributed by atoms with Crippen molar-refractivity contribution in [2.45, 2.75) is 31.2 Å². The average molecular weight is 456 g/mol. The van der Waals surface area contributed by atoms with Gasteiger partial charge in [0, 0.05) is 37.3 Å². The highest BCUT2D eigenvalue weighted by Crippen LogP contribution is 2.28. The van der Waals surface area contributed by atoms with Gasteiger partial charge < -0.3 is 9.47 Å². The number of benzene rings is 2. The fourth-order valence-corrected chi connectivity index (χ4v) is 5.41. The van der Waals surface area contributed by atoms with Crippen LogP contribution < -0.4 is 5.32 Å². The van der Waals surface area contributed by atoms with Crippen molar-refractivity contribution in [1.82, 2.24) is 18.8 Å². The third-order valence-corrected chi connectivity index (χ3v) is 7.55. The maximum absolute atomic E-state index is 13.1. The normalized spacial score (nSPS) is 16.4. The summed E-state index contributed by atoms with van der Waals surface area (Å²) in [5, 5.41) is 2.88. The zero-order chi connectivity index (χ0) is 23.1. The molecular weight excluding hydrogens is 426 g/mol. The molecule has 0 aliphatic carbocycles. The number of rotatable bonds is 4. The first-order valence-corrected chi connectivity index (χ1v) is 12.1. The molecule has 1 fully saturated rings. The summed E-state index contributed by atoms with van der Waals surface area (Å²) in [4.78, 5) is 19.9. The van der Waals surface area contributed by atoms with Gasteiger partial charge in [0.15, 0.2) is 0 Å². The van der Waals surface area contributed by atoms with Crippen LogP contribution in [0.3, 0.4) is 0 Å². The van der Waals surface area contributed by atoms with Gasteiger partial charge in [0.1, 0.15) is 0 Å². The van der Waals surface area contributed by atoms with Crippen LogP contribution in [0.2, 0.25) is 0 Å². The minimum absolute atomic E-state index is 0.124. The van der Waals surface area contributed by atoms with Gasteiger partial charge in [-0.1, -0.05) is 18.2 Å². The molecular formula is C23H29N5O3S. The Bertz CT molecular complexity index is 1250. The van der Waals surface area contributed by atoms with Gasteiger partial charge in [-0.05, 0) is 58.2 Å². The largest absolute Gasteiger partial charge is 0.305 e. The molecule has 9 heteroatoms. The Morgan fingerprint density at radius 2 is 1.69 bits per heavy atom. The Hall–Kier alpha value is -2.75. The maximum atomic E-state index is 13.1. The molecule has 2 aromatic carbocycles. The number of likely N-dealkylation sites (N-methyl/N-ethyl adjacent to an activating group) is 1. The van der Waals surface area contributed by atoms with Crippen molar-refractivity contribution in [1.29, 1.82) is 0 Å². The summed E-state index contributed by atoms with van der Waals surface area (Å²) in [6, 6.07) is 13.9. The number of para-hydroxylation sites is 2. The average Bonchev–Trinajstić information content (AvgIpc) is 3.12. The smallest absolute Gasteiger partial charge is 0.258 e. The van der Waals surface area contributed by atoms with Crippen LogP contribution in [-0.2, 0) is 15.6 Å². The lowest BCUT2D eigenvalue weighted by Gasteiger charge is -2.31. The van der Waals surface area contributed by atoms with E-state index in [1.807, 2.05) is 56.7 Å². The number of sulfonamides is 1. The highest BCUT2D eigenvalue weighted by atomic mass is 32.2. The number of nitrogens with zero attached hydrogens (tertiary/aromatic N) is 4.